The number of aryl methyl sites for hydroxylation is 2. The van der Waals surface area contributed by atoms with Gasteiger partial charge in [0.25, 0.3) is 0 Å². The first-order valence-corrected chi connectivity index (χ1v) is 6.26. The molecule has 92 valence electrons. The molecule has 0 aliphatic carbocycles. The number of nitrogens with one attached hydrogen (secondary N) is 1. The molecule has 0 aromatic carbocycles. The van der Waals surface area contributed by atoms with Crippen molar-refractivity contribution in [1.82, 2.24) is 15.1 Å². The molecule has 3 heteroatoms. The van der Waals surface area contributed by atoms with E-state index in [4.69, 9.17) is 0 Å². The summed E-state index contributed by atoms with van der Waals surface area (Å²) in [4.78, 5) is 0. The van der Waals surface area contributed by atoms with E-state index in [1.54, 1.807) is 0 Å². The molecule has 2 atom stereocenters. The molecule has 0 aliphatic rings. The summed E-state index contributed by atoms with van der Waals surface area (Å²) in [5.74, 6) is 0.640. The number of rotatable bonds is 5. The topological polar surface area (TPSA) is 29.9 Å². The Kier molecular flexibility index (Phi) is 4.54. The second-order valence-corrected chi connectivity index (χ2v) is 4.63. The summed E-state index contributed by atoms with van der Waals surface area (Å²) in [5, 5.41) is 8.10. The average molecular weight is 223 g/mol. The number of hydrogen-bond acceptors (Lipinski definition) is 2. The molecule has 0 amide bonds. The van der Waals surface area contributed by atoms with E-state index in [0.717, 1.165) is 12.2 Å². The van der Waals surface area contributed by atoms with E-state index in [2.05, 4.69) is 45.0 Å². The highest BCUT2D eigenvalue weighted by atomic mass is 15.3. The van der Waals surface area contributed by atoms with Crippen LogP contribution in [-0.4, -0.2) is 16.3 Å². The number of nitrogens with zero attached hydrogens (tertiary/aromatic N) is 2. The molecule has 0 fully saturated rings. The summed E-state index contributed by atoms with van der Waals surface area (Å²) in [7, 11) is 2.02. The second kappa shape index (κ2) is 5.48. The molecule has 1 rings (SSSR count). The Labute approximate surface area is 99.2 Å². The maximum atomic E-state index is 4.51. The lowest BCUT2D eigenvalue weighted by atomic mass is 9.91. The van der Waals surface area contributed by atoms with E-state index in [1.807, 2.05) is 11.7 Å². The van der Waals surface area contributed by atoms with Gasteiger partial charge in [-0.25, -0.2) is 0 Å². The Balaban J connectivity index is 3.09. The van der Waals surface area contributed by atoms with E-state index < -0.39 is 0 Å². The molecular formula is C13H25N3. The highest BCUT2D eigenvalue weighted by Crippen LogP contribution is 2.28. The van der Waals surface area contributed by atoms with Crippen molar-refractivity contribution in [2.24, 2.45) is 13.0 Å². The van der Waals surface area contributed by atoms with E-state index in [0.29, 0.717) is 12.0 Å². The predicted octanol–water partition coefficient (Wildman–Crippen LogP) is 2.73. The highest BCUT2D eigenvalue weighted by molar-refractivity contribution is 5.28. The highest BCUT2D eigenvalue weighted by Gasteiger charge is 2.23. The van der Waals surface area contributed by atoms with Crippen molar-refractivity contribution in [3.63, 3.8) is 0 Å². The Bertz CT molecular complexity index is 341. The van der Waals surface area contributed by atoms with Gasteiger partial charge in [0, 0.05) is 24.3 Å². The van der Waals surface area contributed by atoms with Crippen LogP contribution in [0.1, 0.15) is 50.2 Å². The molecule has 3 nitrogen and oxygen atoms in total. The fourth-order valence-corrected chi connectivity index (χ4v) is 2.28. The van der Waals surface area contributed by atoms with Gasteiger partial charge in [0.15, 0.2) is 0 Å². The Morgan fingerprint density at radius 1 is 1.31 bits per heavy atom. The van der Waals surface area contributed by atoms with Gasteiger partial charge in [-0.1, -0.05) is 27.2 Å². The molecule has 16 heavy (non-hydrogen) atoms. The predicted molar refractivity (Wildman–Crippen MR) is 68.6 cm³/mol. The van der Waals surface area contributed by atoms with Crippen molar-refractivity contribution in [2.75, 3.05) is 6.54 Å². The maximum Gasteiger partial charge on any atom is 0.0644 e. The number of hydrogen-bond donors (Lipinski definition) is 1. The van der Waals surface area contributed by atoms with Gasteiger partial charge < -0.3 is 5.32 Å². The van der Waals surface area contributed by atoms with Crippen LogP contribution in [0.3, 0.4) is 0 Å². The van der Waals surface area contributed by atoms with Gasteiger partial charge in [0.1, 0.15) is 0 Å². The third-order valence-corrected chi connectivity index (χ3v) is 3.51. The SMILES string of the molecule is CCNC(c1c(C)nn(C)c1C)C(C)CC. The lowest BCUT2D eigenvalue weighted by Gasteiger charge is -2.24. The largest absolute Gasteiger partial charge is 0.310 e. The molecule has 0 spiro atoms. The Hall–Kier alpha value is -0.830. The van der Waals surface area contributed by atoms with Crippen LogP contribution in [0.4, 0.5) is 0 Å². The van der Waals surface area contributed by atoms with Gasteiger partial charge in [0.2, 0.25) is 0 Å². The minimum Gasteiger partial charge on any atom is -0.310 e. The van der Waals surface area contributed by atoms with Gasteiger partial charge in [-0.3, -0.25) is 4.68 Å². The normalized spacial score (nSPS) is 15.1. The number of aromatic nitrogens is 2. The van der Waals surface area contributed by atoms with E-state index in [9.17, 15) is 0 Å². The first kappa shape index (κ1) is 13.2. The van der Waals surface area contributed by atoms with Gasteiger partial charge in [-0.05, 0) is 26.3 Å². The lowest BCUT2D eigenvalue weighted by molar-refractivity contribution is 0.381. The zero-order chi connectivity index (χ0) is 12.3. The smallest absolute Gasteiger partial charge is 0.0644 e. The van der Waals surface area contributed by atoms with E-state index >= 15 is 0 Å². The first-order chi connectivity index (χ1) is 7.52. The van der Waals surface area contributed by atoms with Crippen molar-refractivity contribution < 1.29 is 0 Å². The zero-order valence-corrected chi connectivity index (χ0v) is 11.5. The van der Waals surface area contributed by atoms with Crippen molar-refractivity contribution >= 4 is 0 Å². The van der Waals surface area contributed by atoms with Gasteiger partial charge in [-0.15, -0.1) is 0 Å². The summed E-state index contributed by atoms with van der Waals surface area (Å²) in [5.41, 5.74) is 3.83. The van der Waals surface area contributed by atoms with Crippen LogP contribution in [0.15, 0.2) is 0 Å². The molecule has 1 N–H and O–H groups in total. The first-order valence-electron chi connectivity index (χ1n) is 6.26. The fraction of sp³-hybridized carbons (Fsp3) is 0.769. The summed E-state index contributed by atoms with van der Waals surface area (Å²) in [6.45, 7) is 12.0. The molecule has 0 saturated carbocycles. The quantitative estimate of drug-likeness (QED) is 0.832. The van der Waals surface area contributed by atoms with Crippen LogP contribution >= 0.6 is 0 Å². The van der Waals surface area contributed by atoms with Crippen molar-refractivity contribution in [3.8, 4) is 0 Å². The maximum absolute atomic E-state index is 4.51. The van der Waals surface area contributed by atoms with Gasteiger partial charge in [-0.2, -0.15) is 5.10 Å². The molecule has 0 saturated heterocycles. The standard InChI is InChI=1S/C13H25N3/c1-7-9(3)13(14-8-2)12-10(4)15-16(6)11(12)5/h9,13-14H,7-8H2,1-6H3. The minimum absolute atomic E-state index is 0.434. The van der Waals surface area contributed by atoms with Gasteiger partial charge >= 0.3 is 0 Å². The van der Waals surface area contributed by atoms with Crippen molar-refractivity contribution in [1.29, 1.82) is 0 Å². The van der Waals surface area contributed by atoms with Crippen LogP contribution in [0.2, 0.25) is 0 Å². The van der Waals surface area contributed by atoms with Crippen LogP contribution < -0.4 is 5.32 Å². The average Bonchev–Trinajstić information content (AvgIpc) is 2.50. The van der Waals surface area contributed by atoms with Gasteiger partial charge in [0.05, 0.1) is 5.69 Å². The molecular weight excluding hydrogens is 198 g/mol. The molecule has 0 aliphatic heterocycles. The van der Waals surface area contributed by atoms with E-state index in [-0.39, 0.29) is 0 Å². The third kappa shape index (κ3) is 2.46. The van der Waals surface area contributed by atoms with Crippen molar-refractivity contribution in [3.05, 3.63) is 17.0 Å². The fourth-order valence-electron chi connectivity index (χ4n) is 2.28. The molecule has 2 unspecified atom stereocenters. The minimum atomic E-state index is 0.434. The molecule has 0 bridgehead atoms. The van der Waals surface area contributed by atoms with Crippen LogP contribution in [0.5, 0.6) is 0 Å². The summed E-state index contributed by atoms with van der Waals surface area (Å²) < 4.78 is 1.98. The lowest BCUT2D eigenvalue weighted by Crippen LogP contribution is -2.27. The zero-order valence-electron chi connectivity index (χ0n) is 11.5. The van der Waals surface area contributed by atoms with Crippen LogP contribution in [-0.2, 0) is 7.05 Å². The molecule has 1 aromatic heterocycles. The van der Waals surface area contributed by atoms with Crippen molar-refractivity contribution in [2.45, 2.75) is 47.1 Å². The van der Waals surface area contributed by atoms with E-state index in [1.165, 1.54) is 17.7 Å². The summed E-state index contributed by atoms with van der Waals surface area (Å²) >= 11 is 0. The Morgan fingerprint density at radius 2 is 1.94 bits per heavy atom. The summed E-state index contributed by atoms with van der Waals surface area (Å²) in [6.07, 6.45) is 1.19. The van der Waals surface area contributed by atoms with Crippen LogP contribution in [0.25, 0.3) is 0 Å². The second-order valence-electron chi connectivity index (χ2n) is 4.63. The third-order valence-electron chi connectivity index (χ3n) is 3.51. The Morgan fingerprint density at radius 3 is 2.31 bits per heavy atom. The van der Waals surface area contributed by atoms with Crippen LogP contribution in [0, 0.1) is 19.8 Å². The monoisotopic (exact) mass is 223 g/mol. The molecule has 0 radical (unpaired) electrons. The summed E-state index contributed by atoms with van der Waals surface area (Å²) in [6, 6.07) is 0.434. The molecule has 1 aromatic rings. The molecule has 1 heterocycles.